The number of carbonyl (C=O) groups is 1. The van der Waals surface area contributed by atoms with E-state index in [-0.39, 0.29) is 10.8 Å². The highest BCUT2D eigenvalue weighted by atomic mass is 32.2. The molecular formula is C22H26N2O5S. The van der Waals surface area contributed by atoms with Crippen LogP contribution < -0.4 is 9.47 Å². The van der Waals surface area contributed by atoms with Gasteiger partial charge in [-0.3, -0.25) is 4.79 Å². The van der Waals surface area contributed by atoms with E-state index in [4.69, 9.17) is 9.47 Å². The highest BCUT2D eigenvalue weighted by molar-refractivity contribution is 7.89. The van der Waals surface area contributed by atoms with Crippen molar-refractivity contribution in [2.45, 2.75) is 37.2 Å². The van der Waals surface area contributed by atoms with Crippen LogP contribution in [-0.2, 0) is 21.4 Å². The number of amides is 1. The topological polar surface area (TPSA) is 76.2 Å². The Morgan fingerprint density at radius 2 is 1.87 bits per heavy atom. The summed E-state index contributed by atoms with van der Waals surface area (Å²) in [6.45, 7) is 3.59. The average molecular weight is 431 g/mol. The Kier molecular flexibility index (Phi) is 5.71. The summed E-state index contributed by atoms with van der Waals surface area (Å²) in [7, 11) is -2.11. The maximum atomic E-state index is 13.3. The van der Waals surface area contributed by atoms with Gasteiger partial charge in [0.2, 0.25) is 15.9 Å². The molecule has 1 unspecified atom stereocenters. The van der Waals surface area contributed by atoms with Crippen molar-refractivity contribution < 1.29 is 22.7 Å². The van der Waals surface area contributed by atoms with Gasteiger partial charge in [-0.15, -0.1) is 0 Å². The second-order valence-corrected chi connectivity index (χ2v) is 9.59. The first-order chi connectivity index (χ1) is 14.4. The number of fused-ring (bicyclic) bond motifs is 1. The smallest absolute Gasteiger partial charge is 0.243 e. The molecule has 0 spiro atoms. The van der Waals surface area contributed by atoms with Crippen molar-refractivity contribution in [3.8, 4) is 11.5 Å². The van der Waals surface area contributed by atoms with Gasteiger partial charge in [-0.25, -0.2) is 8.42 Å². The minimum Gasteiger partial charge on any atom is -0.486 e. The molecule has 0 N–H and O–H groups in total. The van der Waals surface area contributed by atoms with Gasteiger partial charge < -0.3 is 14.4 Å². The molecule has 1 saturated heterocycles. The van der Waals surface area contributed by atoms with Crippen LogP contribution in [0.25, 0.3) is 0 Å². The predicted octanol–water partition coefficient (Wildman–Crippen LogP) is 2.58. The number of carbonyl (C=O) groups excluding carboxylic acids is 1. The molecule has 2 aromatic carbocycles. The van der Waals surface area contributed by atoms with Crippen LogP contribution in [0.4, 0.5) is 0 Å². The monoisotopic (exact) mass is 430 g/mol. The van der Waals surface area contributed by atoms with Gasteiger partial charge in [0, 0.05) is 26.2 Å². The Balaban J connectivity index is 1.55. The van der Waals surface area contributed by atoms with E-state index in [0.717, 1.165) is 11.1 Å². The molecule has 160 valence electrons. The third-order valence-corrected chi connectivity index (χ3v) is 7.56. The summed E-state index contributed by atoms with van der Waals surface area (Å²) in [5.74, 6) is 0.769. The molecule has 1 atom stereocenters. The van der Waals surface area contributed by atoms with Crippen molar-refractivity contribution in [3.05, 3.63) is 53.6 Å². The van der Waals surface area contributed by atoms with E-state index in [9.17, 15) is 13.2 Å². The number of hydrogen-bond donors (Lipinski definition) is 0. The Morgan fingerprint density at radius 1 is 1.13 bits per heavy atom. The van der Waals surface area contributed by atoms with Crippen molar-refractivity contribution in [2.24, 2.45) is 0 Å². The zero-order valence-corrected chi connectivity index (χ0v) is 18.0. The van der Waals surface area contributed by atoms with E-state index in [1.54, 1.807) is 18.0 Å². The maximum absolute atomic E-state index is 13.3. The number of likely N-dealkylation sites (N-methyl/N-ethyl adjacent to an activating group) is 1. The number of ether oxygens (including phenoxy) is 2. The third kappa shape index (κ3) is 3.89. The summed E-state index contributed by atoms with van der Waals surface area (Å²) in [5.41, 5.74) is 2.15. The lowest BCUT2D eigenvalue weighted by molar-refractivity contribution is -0.133. The quantitative estimate of drug-likeness (QED) is 0.729. The fourth-order valence-electron chi connectivity index (χ4n) is 3.97. The van der Waals surface area contributed by atoms with Gasteiger partial charge in [0.15, 0.2) is 11.5 Å². The Hall–Kier alpha value is -2.58. The van der Waals surface area contributed by atoms with E-state index in [2.05, 4.69) is 0 Å². The Morgan fingerprint density at radius 3 is 2.63 bits per heavy atom. The van der Waals surface area contributed by atoms with Crippen molar-refractivity contribution >= 4 is 15.9 Å². The normalized spacial score (nSPS) is 18.9. The van der Waals surface area contributed by atoms with Gasteiger partial charge in [-0.2, -0.15) is 4.31 Å². The molecule has 1 fully saturated rings. The van der Waals surface area contributed by atoms with Gasteiger partial charge in [0.05, 0.1) is 4.90 Å². The molecular weight excluding hydrogens is 404 g/mol. The summed E-state index contributed by atoms with van der Waals surface area (Å²) >= 11 is 0. The molecule has 30 heavy (non-hydrogen) atoms. The van der Waals surface area contributed by atoms with Crippen molar-refractivity contribution in [3.63, 3.8) is 0 Å². The van der Waals surface area contributed by atoms with Crippen LogP contribution in [0.2, 0.25) is 0 Å². The fourth-order valence-corrected chi connectivity index (χ4v) is 5.64. The molecule has 0 radical (unpaired) electrons. The number of rotatable bonds is 5. The van der Waals surface area contributed by atoms with Crippen LogP contribution in [-0.4, -0.2) is 56.4 Å². The molecule has 0 aromatic heterocycles. The molecule has 0 aliphatic carbocycles. The first-order valence-electron chi connectivity index (χ1n) is 10.1. The molecule has 2 heterocycles. The SMILES string of the molecule is Cc1ccccc1CN(C)C(=O)C1CCCN1S(=O)(=O)c1ccc2c(c1)OCCO2. The number of nitrogens with zero attached hydrogens (tertiary/aromatic N) is 2. The van der Waals surface area contributed by atoms with E-state index in [0.29, 0.717) is 50.6 Å². The highest BCUT2D eigenvalue weighted by Gasteiger charge is 2.41. The lowest BCUT2D eigenvalue weighted by atomic mass is 10.1. The molecule has 2 aliphatic heterocycles. The second-order valence-electron chi connectivity index (χ2n) is 7.70. The molecule has 0 saturated carbocycles. The number of benzene rings is 2. The highest BCUT2D eigenvalue weighted by Crippen LogP contribution is 2.35. The Labute approximate surface area is 177 Å². The number of sulfonamides is 1. The van der Waals surface area contributed by atoms with Crippen molar-refractivity contribution in [1.82, 2.24) is 9.21 Å². The van der Waals surface area contributed by atoms with E-state index >= 15 is 0 Å². The molecule has 2 aromatic rings. The average Bonchev–Trinajstić information content (AvgIpc) is 3.25. The fraction of sp³-hybridized carbons (Fsp3) is 0.409. The first-order valence-corrected chi connectivity index (χ1v) is 11.5. The minimum absolute atomic E-state index is 0.119. The van der Waals surface area contributed by atoms with E-state index in [1.165, 1.54) is 16.4 Å². The van der Waals surface area contributed by atoms with Crippen molar-refractivity contribution in [1.29, 1.82) is 0 Å². The van der Waals surface area contributed by atoms with Gasteiger partial charge in [-0.1, -0.05) is 24.3 Å². The van der Waals surface area contributed by atoms with Gasteiger partial charge in [0.1, 0.15) is 19.3 Å². The molecule has 7 nitrogen and oxygen atoms in total. The third-order valence-electron chi connectivity index (χ3n) is 5.65. The molecule has 8 heteroatoms. The summed E-state index contributed by atoms with van der Waals surface area (Å²) in [6.07, 6.45) is 1.17. The van der Waals surface area contributed by atoms with Crippen molar-refractivity contribution in [2.75, 3.05) is 26.8 Å². The van der Waals surface area contributed by atoms with E-state index in [1.807, 2.05) is 31.2 Å². The zero-order valence-electron chi connectivity index (χ0n) is 17.2. The zero-order chi connectivity index (χ0) is 21.3. The maximum Gasteiger partial charge on any atom is 0.243 e. The van der Waals surface area contributed by atoms with Crippen LogP contribution >= 0.6 is 0 Å². The van der Waals surface area contributed by atoms with E-state index < -0.39 is 16.1 Å². The minimum atomic E-state index is -3.83. The molecule has 0 bridgehead atoms. The predicted molar refractivity (Wildman–Crippen MR) is 112 cm³/mol. The largest absolute Gasteiger partial charge is 0.486 e. The summed E-state index contributed by atoms with van der Waals surface area (Å²) in [6, 6.07) is 11.8. The van der Waals surface area contributed by atoms with Gasteiger partial charge >= 0.3 is 0 Å². The summed E-state index contributed by atoms with van der Waals surface area (Å²) < 4.78 is 39.0. The standard InChI is InChI=1S/C22H26N2O5S/c1-16-6-3-4-7-17(16)15-23(2)22(25)19-8-5-11-24(19)30(26,27)18-9-10-20-21(14-18)29-13-12-28-20/h3-4,6-7,9-10,14,19H,5,8,11-13,15H2,1-2H3. The molecule has 4 rings (SSSR count). The number of aryl methyl sites for hydroxylation is 1. The van der Waals surface area contributed by atoms with Crippen LogP contribution in [0.15, 0.2) is 47.4 Å². The van der Waals surface area contributed by atoms with Crippen LogP contribution in [0.1, 0.15) is 24.0 Å². The van der Waals surface area contributed by atoms with Crippen LogP contribution in [0.3, 0.4) is 0 Å². The second kappa shape index (κ2) is 8.28. The molecule has 2 aliphatic rings. The van der Waals surface area contributed by atoms with Gasteiger partial charge in [0.25, 0.3) is 0 Å². The van der Waals surface area contributed by atoms with Crippen LogP contribution in [0, 0.1) is 6.92 Å². The summed E-state index contributed by atoms with van der Waals surface area (Å²) in [4.78, 5) is 14.9. The Bertz CT molecular complexity index is 1050. The first kappa shape index (κ1) is 20.7. The summed E-state index contributed by atoms with van der Waals surface area (Å²) in [5, 5.41) is 0. The lowest BCUT2D eigenvalue weighted by Crippen LogP contribution is -2.46. The van der Waals surface area contributed by atoms with Crippen LogP contribution in [0.5, 0.6) is 11.5 Å². The van der Waals surface area contributed by atoms with Gasteiger partial charge in [-0.05, 0) is 43.0 Å². The lowest BCUT2D eigenvalue weighted by Gasteiger charge is -2.28. The molecule has 1 amide bonds. The number of hydrogen-bond acceptors (Lipinski definition) is 5.